The number of esters is 2. The number of ether oxygens (including phenoxy) is 2. The molecule has 5 heteroatoms. The minimum absolute atomic E-state index is 0.180. The Balaban J connectivity index is 2.44. The molecule has 2 rings (SSSR count). The quantitative estimate of drug-likeness (QED) is 0.544. The third kappa shape index (κ3) is 4.50. The number of Topliss-reactive ketones (excluding diaryl/α,β-unsaturated/α-hetero) is 1. The molecular formula is C22H32O5. The van der Waals surface area contributed by atoms with Crippen LogP contribution in [0.2, 0.25) is 0 Å². The predicted octanol–water partition coefficient (Wildman–Crippen LogP) is 4.16. The Kier molecular flexibility index (Phi) is 6.33. The van der Waals surface area contributed by atoms with Gasteiger partial charge in [0.25, 0.3) is 0 Å². The van der Waals surface area contributed by atoms with Crippen LogP contribution < -0.4 is 0 Å². The number of hydrogen-bond donors (Lipinski definition) is 0. The van der Waals surface area contributed by atoms with E-state index >= 15 is 0 Å². The van der Waals surface area contributed by atoms with Gasteiger partial charge < -0.3 is 9.47 Å². The summed E-state index contributed by atoms with van der Waals surface area (Å²) in [7, 11) is 0. The van der Waals surface area contributed by atoms with Crippen LogP contribution in [0.15, 0.2) is 22.8 Å². The normalized spacial score (nSPS) is 29.3. The van der Waals surface area contributed by atoms with Gasteiger partial charge in [-0.25, -0.2) is 4.79 Å². The first-order valence-electron chi connectivity index (χ1n) is 9.74. The molecule has 0 N–H and O–H groups in total. The van der Waals surface area contributed by atoms with E-state index in [-0.39, 0.29) is 41.6 Å². The van der Waals surface area contributed by atoms with Crippen LogP contribution in [-0.2, 0) is 23.9 Å². The van der Waals surface area contributed by atoms with Gasteiger partial charge in [0.15, 0.2) is 5.78 Å². The van der Waals surface area contributed by atoms with Crippen LogP contribution in [0.5, 0.6) is 0 Å². The lowest BCUT2D eigenvalue weighted by Crippen LogP contribution is -2.44. The number of fused-ring (bicyclic) bond motifs is 1. The molecule has 0 radical (unpaired) electrons. The van der Waals surface area contributed by atoms with Gasteiger partial charge in [-0.15, -0.1) is 0 Å². The zero-order valence-corrected chi connectivity index (χ0v) is 17.5. The van der Waals surface area contributed by atoms with E-state index in [4.69, 9.17) is 9.47 Å². The lowest BCUT2D eigenvalue weighted by Gasteiger charge is -2.38. The summed E-state index contributed by atoms with van der Waals surface area (Å²) >= 11 is 0. The van der Waals surface area contributed by atoms with Gasteiger partial charge in [-0.05, 0) is 64.9 Å². The first kappa shape index (κ1) is 21.4. The van der Waals surface area contributed by atoms with Gasteiger partial charge in [0.05, 0.1) is 0 Å². The number of carbonyl (C=O) groups is 3. The molecule has 0 amide bonds. The third-order valence-corrected chi connectivity index (χ3v) is 6.25. The SMILES string of the molecule is C/C=C(/C)C(=O)O[C@@H]1C[C@H](C)[C@H]2CC(=O)C(C)=C2C[C@@H]1C(C)(C)OC(C)=O. The lowest BCUT2D eigenvalue weighted by atomic mass is 9.80. The molecule has 0 bridgehead atoms. The van der Waals surface area contributed by atoms with Gasteiger partial charge in [-0.1, -0.05) is 18.6 Å². The van der Waals surface area contributed by atoms with Crippen molar-refractivity contribution in [2.24, 2.45) is 17.8 Å². The maximum atomic E-state index is 12.5. The molecule has 0 aromatic heterocycles. The monoisotopic (exact) mass is 376 g/mol. The van der Waals surface area contributed by atoms with Crippen LogP contribution in [0.4, 0.5) is 0 Å². The van der Waals surface area contributed by atoms with Crippen molar-refractivity contribution in [1.29, 1.82) is 0 Å². The Bertz CT molecular complexity index is 697. The molecule has 0 aromatic rings. The van der Waals surface area contributed by atoms with Crippen LogP contribution >= 0.6 is 0 Å². The maximum Gasteiger partial charge on any atom is 0.333 e. The van der Waals surface area contributed by atoms with Crippen molar-refractivity contribution in [1.82, 2.24) is 0 Å². The Morgan fingerprint density at radius 3 is 2.37 bits per heavy atom. The molecule has 2 aliphatic rings. The summed E-state index contributed by atoms with van der Waals surface area (Å²) in [6, 6.07) is 0. The van der Waals surface area contributed by atoms with Crippen molar-refractivity contribution in [2.45, 2.75) is 79.4 Å². The van der Waals surface area contributed by atoms with Gasteiger partial charge in [-0.3, -0.25) is 9.59 Å². The first-order chi connectivity index (χ1) is 12.5. The molecular weight excluding hydrogens is 344 g/mol. The van der Waals surface area contributed by atoms with Crippen molar-refractivity contribution in [3.05, 3.63) is 22.8 Å². The number of ketones is 1. The molecule has 0 saturated heterocycles. The zero-order valence-electron chi connectivity index (χ0n) is 17.5. The van der Waals surface area contributed by atoms with Crippen molar-refractivity contribution in [3.63, 3.8) is 0 Å². The van der Waals surface area contributed by atoms with E-state index in [2.05, 4.69) is 6.92 Å². The lowest BCUT2D eigenvalue weighted by molar-refractivity contribution is -0.170. The van der Waals surface area contributed by atoms with Gasteiger partial charge in [0.1, 0.15) is 11.7 Å². The molecule has 0 spiro atoms. The van der Waals surface area contributed by atoms with Gasteiger partial charge in [-0.2, -0.15) is 0 Å². The summed E-state index contributed by atoms with van der Waals surface area (Å²) in [6.45, 7) is 12.6. The molecule has 5 nitrogen and oxygen atoms in total. The average molecular weight is 376 g/mol. The Labute approximate surface area is 162 Å². The van der Waals surface area contributed by atoms with E-state index in [0.717, 1.165) is 11.1 Å². The smallest absolute Gasteiger partial charge is 0.333 e. The molecule has 0 heterocycles. The topological polar surface area (TPSA) is 69.7 Å². The molecule has 4 atom stereocenters. The first-order valence-corrected chi connectivity index (χ1v) is 9.74. The van der Waals surface area contributed by atoms with Crippen LogP contribution in [-0.4, -0.2) is 29.4 Å². The molecule has 2 aliphatic carbocycles. The van der Waals surface area contributed by atoms with Gasteiger partial charge in [0.2, 0.25) is 0 Å². The van der Waals surface area contributed by atoms with E-state index in [1.807, 2.05) is 20.8 Å². The minimum atomic E-state index is -0.811. The number of carbonyl (C=O) groups excluding carboxylic acids is 3. The van der Waals surface area contributed by atoms with Crippen LogP contribution in [0, 0.1) is 17.8 Å². The summed E-state index contributed by atoms with van der Waals surface area (Å²) in [5, 5.41) is 0. The molecule has 27 heavy (non-hydrogen) atoms. The van der Waals surface area contributed by atoms with Crippen molar-refractivity contribution in [3.8, 4) is 0 Å². The van der Waals surface area contributed by atoms with E-state index < -0.39 is 5.60 Å². The largest absolute Gasteiger partial charge is 0.459 e. The average Bonchev–Trinajstić information content (AvgIpc) is 2.76. The summed E-state index contributed by atoms with van der Waals surface area (Å²) in [5.74, 6) is -0.323. The highest BCUT2D eigenvalue weighted by atomic mass is 16.6. The highest BCUT2D eigenvalue weighted by molar-refractivity contribution is 5.98. The third-order valence-electron chi connectivity index (χ3n) is 6.25. The number of rotatable bonds is 4. The molecule has 150 valence electrons. The standard InChI is InChI=1S/C22H32O5/c1-8-12(2)21(25)26-20-9-13(3)16-11-19(24)14(4)17(16)10-18(20)22(6,7)27-15(5)23/h8,13,16,18,20H,9-11H2,1-7H3/b12-8-/t13-,16+,18-,20+/m0/s1. The molecule has 0 unspecified atom stereocenters. The van der Waals surface area contributed by atoms with Crippen molar-refractivity contribution < 1.29 is 23.9 Å². The summed E-state index contributed by atoms with van der Waals surface area (Å²) in [4.78, 5) is 36.4. The second-order valence-electron chi connectivity index (χ2n) is 8.52. The fourth-order valence-corrected chi connectivity index (χ4v) is 4.46. The second kappa shape index (κ2) is 7.99. The van der Waals surface area contributed by atoms with E-state index in [9.17, 15) is 14.4 Å². The van der Waals surface area contributed by atoms with Crippen LogP contribution in [0.1, 0.15) is 67.7 Å². The number of allylic oxidation sites excluding steroid dienone is 3. The molecule has 0 aromatic carbocycles. The zero-order chi connectivity index (χ0) is 20.5. The van der Waals surface area contributed by atoms with Crippen molar-refractivity contribution >= 4 is 17.7 Å². The Hall–Kier alpha value is -1.91. The van der Waals surface area contributed by atoms with Crippen LogP contribution in [0.25, 0.3) is 0 Å². The van der Waals surface area contributed by atoms with E-state index in [1.165, 1.54) is 6.92 Å². The summed E-state index contributed by atoms with van der Waals surface area (Å²) < 4.78 is 11.5. The Morgan fingerprint density at radius 1 is 1.19 bits per heavy atom. The highest BCUT2D eigenvalue weighted by Gasteiger charge is 2.47. The Morgan fingerprint density at radius 2 is 1.81 bits per heavy atom. The molecule has 1 fully saturated rings. The summed E-state index contributed by atoms with van der Waals surface area (Å²) in [6.07, 6.45) is 3.12. The minimum Gasteiger partial charge on any atom is -0.459 e. The fraction of sp³-hybridized carbons (Fsp3) is 0.682. The van der Waals surface area contributed by atoms with E-state index in [0.29, 0.717) is 24.8 Å². The van der Waals surface area contributed by atoms with Crippen LogP contribution in [0.3, 0.4) is 0 Å². The molecule has 1 saturated carbocycles. The summed E-state index contributed by atoms with van der Waals surface area (Å²) in [5.41, 5.74) is 1.71. The number of hydrogen-bond acceptors (Lipinski definition) is 5. The second-order valence-corrected chi connectivity index (χ2v) is 8.52. The van der Waals surface area contributed by atoms with Gasteiger partial charge >= 0.3 is 11.9 Å². The predicted molar refractivity (Wildman–Crippen MR) is 103 cm³/mol. The van der Waals surface area contributed by atoms with Gasteiger partial charge in [0, 0.05) is 24.8 Å². The maximum absolute atomic E-state index is 12.5. The van der Waals surface area contributed by atoms with Crippen molar-refractivity contribution in [2.75, 3.05) is 0 Å². The fourth-order valence-electron chi connectivity index (χ4n) is 4.46. The van der Waals surface area contributed by atoms with E-state index in [1.54, 1.807) is 19.9 Å². The molecule has 0 aliphatic heterocycles. The highest BCUT2D eigenvalue weighted by Crippen LogP contribution is 2.47.